The lowest BCUT2D eigenvalue weighted by Crippen LogP contribution is -2.06. The normalized spacial score (nSPS) is 9.50. The molecule has 1 heterocycles. The molecule has 0 amide bonds. The number of rotatable bonds is 3. The molecule has 1 aromatic heterocycles. The Morgan fingerprint density at radius 3 is 3.00 bits per heavy atom. The lowest BCUT2D eigenvalue weighted by Gasteiger charge is -2.04. The summed E-state index contributed by atoms with van der Waals surface area (Å²) < 4.78 is 0. The number of nitrogens with one attached hydrogen (secondary N) is 1. The van der Waals surface area contributed by atoms with Crippen LogP contribution in [0.2, 0.25) is 0 Å². The molecular weight excluding hydrogens is 154 g/mol. The highest BCUT2D eigenvalue weighted by Gasteiger charge is 2.06. The van der Waals surface area contributed by atoms with E-state index in [2.05, 4.69) is 15.3 Å². The van der Waals surface area contributed by atoms with Crippen molar-refractivity contribution in [2.75, 3.05) is 11.9 Å². The molecule has 0 aliphatic heterocycles. The van der Waals surface area contributed by atoms with Crippen molar-refractivity contribution in [3.63, 3.8) is 0 Å². The number of Topliss-reactive ketones (excluding diaryl/α,β-unsaturated/α-hetero) is 1. The van der Waals surface area contributed by atoms with Crippen LogP contribution in [-0.2, 0) is 0 Å². The van der Waals surface area contributed by atoms with Gasteiger partial charge in [-0.2, -0.15) is 0 Å². The Morgan fingerprint density at radius 1 is 1.67 bits per heavy atom. The van der Waals surface area contributed by atoms with E-state index in [1.54, 1.807) is 0 Å². The van der Waals surface area contributed by atoms with Crippen molar-refractivity contribution in [3.8, 4) is 0 Å². The summed E-state index contributed by atoms with van der Waals surface area (Å²) in [5.41, 5.74) is 0.541. The van der Waals surface area contributed by atoms with Crippen LogP contribution in [0.25, 0.3) is 0 Å². The van der Waals surface area contributed by atoms with Crippen molar-refractivity contribution in [1.29, 1.82) is 0 Å². The molecule has 0 saturated heterocycles. The van der Waals surface area contributed by atoms with Crippen LogP contribution in [0.4, 0.5) is 5.82 Å². The molecule has 0 unspecified atom stereocenters. The minimum absolute atomic E-state index is 0.0217. The molecule has 1 aromatic rings. The number of carbonyl (C=O) groups is 1. The second-order valence-electron chi connectivity index (χ2n) is 2.37. The Labute approximate surface area is 71.0 Å². The number of nitrogens with zero attached hydrogens (tertiary/aromatic N) is 2. The zero-order valence-electron chi connectivity index (χ0n) is 7.16. The minimum Gasteiger partial charge on any atom is -0.370 e. The van der Waals surface area contributed by atoms with Crippen LogP contribution in [-0.4, -0.2) is 22.3 Å². The minimum atomic E-state index is -0.0217. The van der Waals surface area contributed by atoms with Crippen LogP contribution in [0.3, 0.4) is 0 Å². The largest absolute Gasteiger partial charge is 0.370 e. The third-order valence-electron chi connectivity index (χ3n) is 1.44. The van der Waals surface area contributed by atoms with Gasteiger partial charge in [-0.05, 0) is 13.8 Å². The second kappa shape index (κ2) is 3.80. The summed E-state index contributed by atoms with van der Waals surface area (Å²) in [6, 6.07) is 0. The average Bonchev–Trinajstić information content (AvgIpc) is 2.05. The maximum Gasteiger partial charge on any atom is 0.165 e. The Kier molecular flexibility index (Phi) is 2.74. The van der Waals surface area contributed by atoms with Gasteiger partial charge in [-0.25, -0.2) is 9.97 Å². The third-order valence-corrected chi connectivity index (χ3v) is 1.44. The molecule has 0 saturated carbocycles. The van der Waals surface area contributed by atoms with E-state index in [-0.39, 0.29) is 5.78 Å². The van der Waals surface area contributed by atoms with E-state index in [1.165, 1.54) is 19.4 Å². The van der Waals surface area contributed by atoms with E-state index >= 15 is 0 Å². The summed E-state index contributed by atoms with van der Waals surface area (Å²) in [5.74, 6) is 0.589. The molecule has 1 N–H and O–H groups in total. The fourth-order valence-corrected chi connectivity index (χ4v) is 0.896. The number of hydrogen-bond donors (Lipinski definition) is 1. The highest BCUT2D eigenvalue weighted by Crippen LogP contribution is 2.09. The Morgan fingerprint density at radius 2 is 2.42 bits per heavy atom. The van der Waals surface area contributed by atoms with E-state index in [4.69, 9.17) is 0 Å². The molecule has 0 aliphatic rings. The highest BCUT2D eigenvalue weighted by molar-refractivity contribution is 5.98. The van der Waals surface area contributed by atoms with Gasteiger partial charge in [0.15, 0.2) is 5.78 Å². The van der Waals surface area contributed by atoms with Gasteiger partial charge in [0, 0.05) is 12.7 Å². The maximum absolute atomic E-state index is 11.0. The summed E-state index contributed by atoms with van der Waals surface area (Å²) in [4.78, 5) is 18.7. The molecule has 1 rings (SSSR count). The Bertz CT molecular complexity index is 285. The molecular formula is C8H11N3O. The van der Waals surface area contributed by atoms with E-state index in [9.17, 15) is 4.79 Å². The molecule has 4 nitrogen and oxygen atoms in total. The SMILES string of the molecule is CCNc1ncncc1C(C)=O. The topological polar surface area (TPSA) is 54.9 Å². The van der Waals surface area contributed by atoms with E-state index in [0.29, 0.717) is 11.4 Å². The third kappa shape index (κ3) is 1.78. The number of ketones is 1. The number of aromatic nitrogens is 2. The second-order valence-corrected chi connectivity index (χ2v) is 2.37. The van der Waals surface area contributed by atoms with Gasteiger partial charge < -0.3 is 5.32 Å². The standard InChI is InChI=1S/C8H11N3O/c1-3-10-8-7(6(2)12)4-9-5-11-8/h4-5H,3H2,1-2H3,(H,9,10,11). The molecule has 12 heavy (non-hydrogen) atoms. The monoisotopic (exact) mass is 165 g/mol. The summed E-state index contributed by atoms with van der Waals surface area (Å²) >= 11 is 0. The van der Waals surface area contributed by atoms with Crippen LogP contribution in [0.5, 0.6) is 0 Å². The molecule has 0 fully saturated rings. The van der Waals surface area contributed by atoms with E-state index in [1.807, 2.05) is 6.92 Å². The molecule has 64 valence electrons. The summed E-state index contributed by atoms with van der Waals surface area (Å²) in [5, 5.41) is 2.99. The smallest absolute Gasteiger partial charge is 0.165 e. The first-order valence-corrected chi connectivity index (χ1v) is 3.80. The fraction of sp³-hybridized carbons (Fsp3) is 0.375. The van der Waals surface area contributed by atoms with Crippen molar-refractivity contribution >= 4 is 11.6 Å². The van der Waals surface area contributed by atoms with Gasteiger partial charge in [0.2, 0.25) is 0 Å². The number of hydrogen-bond acceptors (Lipinski definition) is 4. The first kappa shape index (κ1) is 8.64. The first-order valence-electron chi connectivity index (χ1n) is 3.80. The van der Waals surface area contributed by atoms with Gasteiger partial charge in [0.1, 0.15) is 12.1 Å². The number of carbonyl (C=O) groups excluding carboxylic acids is 1. The van der Waals surface area contributed by atoms with Gasteiger partial charge in [0.05, 0.1) is 5.56 Å². The predicted molar refractivity (Wildman–Crippen MR) is 46.2 cm³/mol. The quantitative estimate of drug-likeness (QED) is 0.682. The summed E-state index contributed by atoms with van der Waals surface area (Å²) in [6.45, 7) is 4.20. The van der Waals surface area contributed by atoms with Crippen molar-refractivity contribution in [1.82, 2.24) is 9.97 Å². The van der Waals surface area contributed by atoms with E-state index < -0.39 is 0 Å². The lowest BCUT2D eigenvalue weighted by atomic mass is 10.2. The Hall–Kier alpha value is -1.45. The number of anilines is 1. The van der Waals surface area contributed by atoms with Crippen molar-refractivity contribution in [3.05, 3.63) is 18.1 Å². The van der Waals surface area contributed by atoms with Crippen molar-refractivity contribution < 1.29 is 4.79 Å². The molecule has 0 radical (unpaired) electrons. The van der Waals surface area contributed by atoms with Crippen LogP contribution in [0.1, 0.15) is 24.2 Å². The van der Waals surface area contributed by atoms with Gasteiger partial charge in [-0.15, -0.1) is 0 Å². The van der Waals surface area contributed by atoms with Crippen molar-refractivity contribution in [2.45, 2.75) is 13.8 Å². The maximum atomic E-state index is 11.0. The van der Waals surface area contributed by atoms with Crippen LogP contribution >= 0.6 is 0 Å². The zero-order valence-corrected chi connectivity index (χ0v) is 7.16. The molecule has 4 heteroatoms. The zero-order chi connectivity index (χ0) is 8.97. The van der Waals surface area contributed by atoms with Crippen LogP contribution in [0.15, 0.2) is 12.5 Å². The lowest BCUT2D eigenvalue weighted by molar-refractivity contribution is 0.101. The van der Waals surface area contributed by atoms with Gasteiger partial charge in [-0.1, -0.05) is 0 Å². The summed E-state index contributed by atoms with van der Waals surface area (Å²) in [7, 11) is 0. The first-order chi connectivity index (χ1) is 5.75. The Balaban J connectivity index is 3.00. The fourth-order valence-electron chi connectivity index (χ4n) is 0.896. The van der Waals surface area contributed by atoms with Crippen LogP contribution < -0.4 is 5.32 Å². The van der Waals surface area contributed by atoms with Gasteiger partial charge in [0.25, 0.3) is 0 Å². The summed E-state index contributed by atoms with van der Waals surface area (Å²) in [6.07, 6.45) is 2.94. The van der Waals surface area contributed by atoms with Crippen molar-refractivity contribution in [2.24, 2.45) is 0 Å². The molecule has 0 atom stereocenters. The van der Waals surface area contributed by atoms with Gasteiger partial charge >= 0.3 is 0 Å². The highest BCUT2D eigenvalue weighted by atomic mass is 16.1. The molecule has 0 aliphatic carbocycles. The molecule has 0 bridgehead atoms. The molecule has 0 spiro atoms. The van der Waals surface area contributed by atoms with E-state index in [0.717, 1.165) is 6.54 Å². The van der Waals surface area contributed by atoms with Crippen LogP contribution in [0, 0.1) is 0 Å². The van der Waals surface area contributed by atoms with Gasteiger partial charge in [-0.3, -0.25) is 4.79 Å². The molecule has 0 aromatic carbocycles. The average molecular weight is 165 g/mol. The predicted octanol–water partition coefficient (Wildman–Crippen LogP) is 1.11.